The first kappa shape index (κ1) is 28.8. The molecule has 1 saturated heterocycles. The van der Waals surface area contributed by atoms with E-state index in [9.17, 15) is 27.5 Å². The van der Waals surface area contributed by atoms with Gasteiger partial charge in [0.1, 0.15) is 11.4 Å². The second-order valence-electron chi connectivity index (χ2n) is 10.5. The van der Waals surface area contributed by atoms with Crippen molar-refractivity contribution in [1.82, 2.24) is 14.7 Å². The summed E-state index contributed by atoms with van der Waals surface area (Å²) in [6.07, 6.45) is 2.66. The molecule has 1 aliphatic heterocycles. The number of carbonyl (C=O) groups is 2. The molecule has 40 heavy (non-hydrogen) atoms. The molecule has 0 bridgehead atoms. The number of halogens is 1. The second kappa shape index (κ2) is 11.5. The minimum absolute atomic E-state index is 0.00197. The molecule has 1 amide bonds. The maximum absolute atomic E-state index is 13.4. The molecular formula is C29H30FN3O6S. The summed E-state index contributed by atoms with van der Waals surface area (Å²) in [6.45, 7) is 6.45. The van der Waals surface area contributed by atoms with E-state index in [0.29, 0.717) is 37.2 Å². The van der Waals surface area contributed by atoms with Crippen molar-refractivity contribution in [2.75, 3.05) is 13.1 Å². The normalized spacial score (nSPS) is 14.3. The Morgan fingerprint density at radius 2 is 1.75 bits per heavy atom. The Kier molecular flexibility index (Phi) is 8.30. The van der Waals surface area contributed by atoms with E-state index < -0.39 is 33.0 Å². The largest absolute Gasteiger partial charge is 0.478 e. The third-order valence-corrected chi connectivity index (χ3v) is 7.94. The van der Waals surface area contributed by atoms with Gasteiger partial charge < -0.3 is 14.7 Å². The number of carbonyl (C=O) groups excluding carboxylic acids is 1. The number of sulfone groups is 1. The van der Waals surface area contributed by atoms with Gasteiger partial charge >= 0.3 is 12.1 Å². The predicted octanol–water partition coefficient (Wildman–Crippen LogP) is 4.67. The lowest BCUT2D eigenvalue weighted by Gasteiger charge is -2.33. The summed E-state index contributed by atoms with van der Waals surface area (Å²) >= 11 is 0. The van der Waals surface area contributed by atoms with Crippen LogP contribution < -0.4 is 0 Å². The van der Waals surface area contributed by atoms with Crippen LogP contribution in [-0.4, -0.2) is 59.0 Å². The van der Waals surface area contributed by atoms with E-state index in [1.54, 1.807) is 21.8 Å². The molecule has 1 aliphatic rings. The van der Waals surface area contributed by atoms with E-state index in [-0.39, 0.29) is 28.2 Å². The minimum Gasteiger partial charge on any atom is -0.478 e. The van der Waals surface area contributed by atoms with Crippen LogP contribution in [0.1, 0.15) is 66.8 Å². The molecule has 2 heterocycles. The predicted molar refractivity (Wildman–Crippen MR) is 145 cm³/mol. The summed E-state index contributed by atoms with van der Waals surface area (Å²) in [4.78, 5) is 25.4. The first-order valence-corrected chi connectivity index (χ1v) is 14.4. The van der Waals surface area contributed by atoms with Crippen molar-refractivity contribution in [3.63, 3.8) is 0 Å². The Bertz CT molecular complexity index is 1570. The molecule has 2 aromatic carbocycles. The number of carboxylic acids is 1. The number of piperidine rings is 1. The monoisotopic (exact) mass is 567 g/mol. The first-order chi connectivity index (χ1) is 18.8. The van der Waals surface area contributed by atoms with Gasteiger partial charge in [0.2, 0.25) is 0 Å². The number of ether oxygens (including phenoxy) is 1. The third-order valence-electron chi connectivity index (χ3n) is 6.24. The number of amides is 1. The van der Waals surface area contributed by atoms with E-state index in [0.717, 1.165) is 0 Å². The van der Waals surface area contributed by atoms with Crippen molar-refractivity contribution < 1.29 is 32.2 Å². The summed E-state index contributed by atoms with van der Waals surface area (Å²) in [5.74, 6) is 3.45. The zero-order chi connectivity index (χ0) is 29.1. The van der Waals surface area contributed by atoms with Crippen LogP contribution in [0.4, 0.5) is 9.18 Å². The number of nitrogens with zero attached hydrogens (tertiary/aromatic N) is 3. The number of benzene rings is 2. The number of rotatable bonds is 5. The van der Waals surface area contributed by atoms with Gasteiger partial charge in [-0.3, -0.25) is 4.68 Å². The van der Waals surface area contributed by atoms with Gasteiger partial charge in [-0.15, -0.1) is 0 Å². The van der Waals surface area contributed by atoms with Gasteiger partial charge in [0.05, 0.1) is 27.9 Å². The molecule has 210 valence electrons. The van der Waals surface area contributed by atoms with Gasteiger partial charge in [-0.2, -0.15) is 5.10 Å². The van der Waals surface area contributed by atoms with Crippen molar-refractivity contribution in [3.05, 3.63) is 82.9 Å². The molecule has 0 radical (unpaired) electrons. The standard InChI is InChI=1S/C29H30FN3O6S/c1-29(2,3)39-28(36)32-15-13-25(14-16-32)33-17-12-24(31-33)19-40(37,38)26-11-8-22(27(34)35)18-21(26)7-4-20-5-9-23(30)10-6-20/h5-6,8-12,17-18,25H,13-16,19H2,1-3H3,(H,34,35). The molecule has 0 saturated carbocycles. The highest BCUT2D eigenvalue weighted by Gasteiger charge is 2.28. The molecule has 3 aromatic rings. The quantitative estimate of drug-likeness (QED) is 0.445. The lowest BCUT2D eigenvalue weighted by atomic mass is 10.1. The number of likely N-dealkylation sites (tertiary alicyclic amines) is 1. The van der Waals surface area contributed by atoms with Gasteiger partial charge in [0.15, 0.2) is 9.84 Å². The van der Waals surface area contributed by atoms with Crippen molar-refractivity contribution in [1.29, 1.82) is 0 Å². The summed E-state index contributed by atoms with van der Waals surface area (Å²) in [6, 6.07) is 10.6. The molecule has 1 fully saturated rings. The molecule has 0 aliphatic carbocycles. The topological polar surface area (TPSA) is 119 Å². The minimum atomic E-state index is -3.95. The van der Waals surface area contributed by atoms with Crippen LogP contribution in [-0.2, 0) is 20.3 Å². The number of aromatic carboxylic acids is 1. The van der Waals surface area contributed by atoms with Crippen LogP contribution in [0.15, 0.2) is 59.6 Å². The van der Waals surface area contributed by atoms with E-state index in [1.165, 1.54) is 42.5 Å². The average molecular weight is 568 g/mol. The van der Waals surface area contributed by atoms with E-state index in [4.69, 9.17) is 4.74 Å². The Morgan fingerprint density at radius 3 is 2.38 bits per heavy atom. The highest BCUT2D eigenvalue weighted by molar-refractivity contribution is 7.90. The lowest BCUT2D eigenvalue weighted by Crippen LogP contribution is -2.42. The van der Waals surface area contributed by atoms with E-state index in [1.807, 2.05) is 20.8 Å². The SMILES string of the molecule is CC(C)(C)OC(=O)N1CCC(n2ccc(CS(=O)(=O)c3ccc(C(=O)O)cc3C#Cc3ccc(F)cc3)n2)CC1. The smallest absolute Gasteiger partial charge is 0.410 e. The Morgan fingerprint density at radius 1 is 1.07 bits per heavy atom. The molecule has 0 unspecified atom stereocenters. The Balaban J connectivity index is 1.50. The van der Waals surface area contributed by atoms with Crippen molar-refractivity contribution in [3.8, 4) is 11.8 Å². The fourth-order valence-corrected chi connectivity index (χ4v) is 5.69. The molecule has 0 spiro atoms. The van der Waals surface area contributed by atoms with Gasteiger partial charge in [0.25, 0.3) is 0 Å². The molecule has 4 rings (SSSR count). The van der Waals surface area contributed by atoms with Crippen LogP contribution in [0, 0.1) is 17.7 Å². The highest BCUT2D eigenvalue weighted by Crippen LogP contribution is 2.25. The highest BCUT2D eigenvalue weighted by atomic mass is 32.2. The van der Waals surface area contributed by atoms with Gasteiger partial charge in [0, 0.05) is 30.4 Å². The van der Waals surface area contributed by atoms with Crippen LogP contribution >= 0.6 is 0 Å². The Hall–Kier alpha value is -4.17. The molecular weight excluding hydrogens is 537 g/mol. The molecule has 1 N–H and O–H groups in total. The maximum Gasteiger partial charge on any atom is 0.410 e. The van der Waals surface area contributed by atoms with E-state index in [2.05, 4.69) is 16.9 Å². The molecule has 1 aromatic heterocycles. The zero-order valence-corrected chi connectivity index (χ0v) is 23.2. The van der Waals surface area contributed by atoms with Gasteiger partial charge in [-0.1, -0.05) is 11.8 Å². The van der Waals surface area contributed by atoms with Crippen molar-refractivity contribution in [2.24, 2.45) is 0 Å². The number of carboxylic acid groups (broad SMARTS) is 1. The fourth-order valence-electron chi connectivity index (χ4n) is 4.27. The first-order valence-electron chi connectivity index (χ1n) is 12.7. The summed E-state index contributed by atoms with van der Waals surface area (Å²) in [5.41, 5.74) is 0.121. The number of hydrogen-bond acceptors (Lipinski definition) is 6. The maximum atomic E-state index is 13.4. The van der Waals surface area contributed by atoms with Crippen LogP contribution in [0.5, 0.6) is 0 Å². The molecule has 9 nitrogen and oxygen atoms in total. The summed E-state index contributed by atoms with van der Waals surface area (Å²) < 4.78 is 47.2. The third kappa shape index (κ3) is 7.27. The van der Waals surface area contributed by atoms with Crippen LogP contribution in [0.2, 0.25) is 0 Å². The van der Waals surface area contributed by atoms with Crippen LogP contribution in [0.25, 0.3) is 0 Å². The zero-order valence-electron chi connectivity index (χ0n) is 22.4. The fraction of sp³-hybridized carbons (Fsp3) is 0.345. The Labute approximate surface area is 232 Å². The molecule has 11 heteroatoms. The number of hydrogen-bond donors (Lipinski definition) is 1. The van der Waals surface area contributed by atoms with Crippen LogP contribution in [0.3, 0.4) is 0 Å². The van der Waals surface area contributed by atoms with Crippen molar-refractivity contribution in [2.45, 2.75) is 55.9 Å². The summed E-state index contributed by atoms with van der Waals surface area (Å²) in [7, 11) is -3.95. The summed E-state index contributed by atoms with van der Waals surface area (Å²) in [5, 5.41) is 13.9. The second-order valence-corrected chi connectivity index (χ2v) is 12.5. The van der Waals surface area contributed by atoms with Gasteiger partial charge in [-0.25, -0.2) is 22.4 Å². The lowest BCUT2D eigenvalue weighted by molar-refractivity contribution is 0.0184. The van der Waals surface area contributed by atoms with Crippen molar-refractivity contribution >= 4 is 21.9 Å². The number of aromatic nitrogens is 2. The van der Waals surface area contributed by atoms with Gasteiger partial charge in [-0.05, 0) is 82.1 Å². The average Bonchev–Trinajstić information content (AvgIpc) is 3.35. The molecule has 0 atom stereocenters. The van der Waals surface area contributed by atoms with E-state index >= 15 is 0 Å².